The van der Waals surface area contributed by atoms with Crippen molar-refractivity contribution < 1.29 is 4.42 Å². The smallest absolute Gasteiger partial charge is 0.231 e. The summed E-state index contributed by atoms with van der Waals surface area (Å²) >= 11 is 0. The van der Waals surface area contributed by atoms with Gasteiger partial charge < -0.3 is 4.42 Å². The van der Waals surface area contributed by atoms with Gasteiger partial charge in [0.15, 0.2) is 0 Å². The number of rotatable bonds is 3. The predicted molar refractivity (Wildman–Crippen MR) is 147 cm³/mol. The number of furan rings is 1. The molecule has 0 atom stereocenters. The maximum Gasteiger partial charge on any atom is 0.231 e. The number of fused-ring (bicyclic) bond motifs is 6. The Morgan fingerprint density at radius 1 is 0.800 bits per heavy atom. The van der Waals surface area contributed by atoms with Gasteiger partial charge in [0.1, 0.15) is 11.9 Å². The molecule has 3 heteroatoms. The van der Waals surface area contributed by atoms with Crippen molar-refractivity contribution in [3.63, 3.8) is 0 Å². The van der Waals surface area contributed by atoms with Gasteiger partial charge in [0.2, 0.25) is 5.71 Å². The van der Waals surface area contributed by atoms with E-state index >= 15 is 0 Å². The number of aromatic nitrogens is 2. The van der Waals surface area contributed by atoms with Gasteiger partial charge in [0, 0.05) is 16.3 Å². The first kappa shape index (κ1) is 21.8. The second kappa shape index (κ2) is 7.91. The van der Waals surface area contributed by atoms with E-state index in [9.17, 15) is 0 Å². The highest BCUT2D eigenvalue weighted by Gasteiger charge is 2.22. The van der Waals surface area contributed by atoms with Gasteiger partial charge in [-0.05, 0) is 63.2 Å². The first-order valence-corrected chi connectivity index (χ1v) is 12.4. The molecule has 0 unspecified atom stereocenters. The van der Waals surface area contributed by atoms with E-state index in [0.717, 1.165) is 34.0 Å². The minimum Gasteiger partial charge on any atom is -0.437 e. The fraction of sp³-hybridized carbons (Fsp3) is 0.250. The Hall–Kier alpha value is -3.72. The molecule has 3 nitrogen and oxygen atoms in total. The zero-order chi connectivity index (χ0) is 24.3. The van der Waals surface area contributed by atoms with Crippen LogP contribution >= 0.6 is 0 Å². The number of hydrogen-bond acceptors (Lipinski definition) is 3. The fourth-order valence-electron chi connectivity index (χ4n) is 5.41. The molecule has 4 aromatic carbocycles. The molecule has 0 saturated carbocycles. The molecule has 0 aliphatic heterocycles. The Bertz CT molecular complexity index is 1730. The molecule has 2 heterocycles. The van der Waals surface area contributed by atoms with Gasteiger partial charge in [0.05, 0.1) is 11.1 Å². The maximum absolute atomic E-state index is 6.48. The highest BCUT2D eigenvalue weighted by Crippen LogP contribution is 2.41. The van der Waals surface area contributed by atoms with E-state index in [2.05, 4.69) is 106 Å². The van der Waals surface area contributed by atoms with Gasteiger partial charge in [0.25, 0.3) is 0 Å². The van der Waals surface area contributed by atoms with Gasteiger partial charge in [-0.3, -0.25) is 0 Å². The largest absolute Gasteiger partial charge is 0.437 e. The molecule has 0 N–H and O–H groups in total. The van der Waals surface area contributed by atoms with Crippen molar-refractivity contribution in [2.24, 2.45) is 5.92 Å². The lowest BCUT2D eigenvalue weighted by molar-refractivity contribution is 0.596. The third kappa shape index (κ3) is 3.58. The van der Waals surface area contributed by atoms with Gasteiger partial charge in [-0.25, -0.2) is 9.97 Å². The lowest BCUT2D eigenvalue weighted by Crippen LogP contribution is -2.12. The Labute approximate surface area is 205 Å². The van der Waals surface area contributed by atoms with Gasteiger partial charge in [-0.2, -0.15) is 0 Å². The zero-order valence-corrected chi connectivity index (χ0v) is 21.0. The van der Waals surface area contributed by atoms with Gasteiger partial charge in [-0.15, -0.1) is 0 Å². The van der Waals surface area contributed by atoms with Crippen molar-refractivity contribution in [1.82, 2.24) is 9.97 Å². The topological polar surface area (TPSA) is 38.9 Å². The van der Waals surface area contributed by atoms with Crippen molar-refractivity contribution in [1.29, 1.82) is 0 Å². The molecule has 0 saturated heterocycles. The molecule has 0 radical (unpaired) electrons. The van der Waals surface area contributed by atoms with Crippen molar-refractivity contribution in [2.45, 2.75) is 46.5 Å². The van der Waals surface area contributed by atoms with Crippen molar-refractivity contribution in [2.75, 3.05) is 0 Å². The lowest BCUT2D eigenvalue weighted by Gasteiger charge is -2.22. The molecule has 0 spiro atoms. The van der Waals surface area contributed by atoms with E-state index in [4.69, 9.17) is 9.40 Å². The second-order valence-corrected chi connectivity index (χ2v) is 11.1. The summed E-state index contributed by atoms with van der Waals surface area (Å²) in [5, 5.41) is 6.96. The van der Waals surface area contributed by atoms with Crippen LogP contribution in [0.1, 0.15) is 45.7 Å². The van der Waals surface area contributed by atoms with Crippen LogP contribution in [0.5, 0.6) is 0 Å². The van der Waals surface area contributed by atoms with Gasteiger partial charge in [-0.1, -0.05) is 83.1 Å². The van der Waals surface area contributed by atoms with Crippen LogP contribution < -0.4 is 0 Å². The summed E-state index contributed by atoms with van der Waals surface area (Å²) in [6.45, 7) is 11.3. The van der Waals surface area contributed by atoms with E-state index in [-0.39, 0.29) is 5.41 Å². The summed E-state index contributed by atoms with van der Waals surface area (Å²) in [7, 11) is 0. The van der Waals surface area contributed by atoms with Crippen LogP contribution in [0.25, 0.3) is 54.9 Å². The Kier molecular flexibility index (Phi) is 4.93. The van der Waals surface area contributed by atoms with E-state index < -0.39 is 0 Å². The van der Waals surface area contributed by atoms with Gasteiger partial charge >= 0.3 is 0 Å². The monoisotopic (exact) mass is 458 g/mol. The standard InChI is InChI=1S/C32H30N2O/c1-19(2)15-22-11-8-10-20-13-14-25-28-29(33-18-34-31(28)35-30(25)27(20)22)23-16-21-9-6-7-12-24(21)26(17-23)32(3,4)5/h6-14,16-19H,15H2,1-5H3. The molecule has 0 aliphatic carbocycles. The van der Waals surface area contributed by atoms with Crippen molar-refractivity contribution in [3.8, 4) is 11.3 Å². The summed E-state index contributed by atoms with van der Waals surface area (Å²) in [6, 6.07) is 24.1. The van der Waals surface area contributed by atoms with Crippen molar-refractivity contribution in [3.05, 3.63) is 84.2 Å². The molecule has 0 bridgehead atoms. The van der Waals surface area contributed by atoms with E-state index in [0.29, 0.717) is 11.6 Å². The quantitative estimate of drug-likeness (QED) is 0.266. The molecule has 6 rings (SSSR count). The van der Waals surface area contributed by atoms with Crippen LogP contribution in [0.15, 0.2) is 77.5 Å². The Morgan fingerprint density at radius 2 is 1.60 bits per heavy atom. The summed E-state index contributed by atoms with van der Waals surface area (Å²) < 4.78 is 6.48. The average molecular weight is 459 g/mol. The molecule has 0 amide bonds. The molecule has 174 valence electrons. The number of nitrogens with zero attached hydrogens (tertiary/aromatic N) is 2. The fourth-order valence-corrected chi connectivity index (χ4v) is 5.41. The van der Waals surface area contributed by atoms with Crippen LogP contribution in [0.2, 0.25) is 0 Å². The summed E-state index contributed by atoms with van der Waals surface area (Å²) in [5.41, 5.74) is 6.20. The highest BCUT2D eigenvalue weighted by atomic mass is 16.3. The maximum atomic E-state index is 6.48. The highest BCUT2D eigenvalue weighted by molar-refractivity contribution is 6.18. The molecule has 0 fully saturated rings. The van der Waals surface area contributed by atoms with E-state index in [1.807, 2.05) is 0 Å². The molecule has 0 aliphatic rings. The minimum absolute atomic E-state index is 0.00216. The Balaban J connectivity index is 1.69. The SMILES string of the molecule is CC(C)Cc1cccc2ccc3c(oc4ncnc(-c5cc(C(C)(C)C)c6ccccc6c5)c43)c12. The van der Waals surface area contributed by atoms with Crippen LogP contribution in [-0.2, 0) is 11.8 Å². The molecular weight excluding hydrogens is 428 g/mol. The minimum atomic E-state index is 0.00216. The summed E-state index contributed by atoms with van der Waals surface area (Å²) in [4.78, 5) is 9.37. The Morgan fingerprint density at radius 3 is 2.40 bits per heavy atom. The lowest BCUT2D eigenvalue weighted by atomic mass is 9.82. The second-order valence-electron chi connectivity index (χ2n) is 11.1. The third-order valence-electron chi connectivity index (χ3n) is 6.94. The summed E-state index contributed by atoms with van der Waals surface area (Å²) in [5.74, 6) is 0.559. The average Bonchev–Trinajstić information content (AvgIpc) is 3.21. The molecule has 2 aromatic heterocycles. The van der Waals surface area contributed by atoms with E-state index in [1.54, 1.807) is 6.33 Å². The first-order chi connectivity index (χ1) is 16.8. The zero-order valence-electron chi connectivity index (χ0n) is 21.0. The van der Waals surface area contributed by atoms with Crippen LogP contribution in [-0.4, -0.2) is 9.97 Å². The normalized spacial score (nSPS) is 12.5. The third-order valence-corrected chi connectivity index (χ3v) is 6.94. The van der Waals surface area contributed by atoms with Crippen LogP contribution in [0, 0.1) is 5.92 Å². The molecular formula is C32H30N2O. The summed E-state index contributed by atoms with van der Waals surface area (Å²) in [6.07, 6.45) is 2.63. The number of benzene rings is 4. The molecule has 6 aromatic rings. The number of hydrogen-bond donors (Lipinski definition) is 0. The van der Waals surface area contributed by atoms with Crippen LogP contribution in [0.3, 0.4) is 0 Å². The van der Waals surface area contributed by atoms with Crippen LogP contribution in [0.4, 0.5) is 0 Å². The van der Waals surface area contributed by atoms with E-state index in [1.165, 1.54) is 32.7 Å². The molecule has 35 heavy (non-hydrogen) atoms. The first-order valence-electron chi connectivity index (χ1n) is 12.4. The van der Waals surface area contributed by atoms with Crippen molar-refractivity contribution >= 4 is 43.6 Å². The predicted octanol–water partition coefficient (Wildman–Crippen LogP) is 8.85.